The van der Waals surface area contributed by atoms with Crippen LogP contribution in [-0.2, 0) is 6.18 Å². The Hall–Kier alpha value is -2.28. The number of aliphatic hydroxyl groups is 1. The number of carbonyl (C=O) groups excluding carboxylic acids is 1. The van der Waals surface area contributed by atoms with E-state index in [9.17, 15) is 23.1 Å². The minimum atomic E-state index is -4.46. The quantitative estimate of drug-likeness (QED) is 0.910. The SMILES string of the molecule is Cc1ccoc1C(=O)N1C[C@@H](O)C[C@H]1c1cccc(C(F)(F)F)c1. The molecule has 3 rings (SSSR count). The maximum Gasteiger partial charge on any atom is 0.416 e. The van der Waals surface area contributed by atoms with Crippen LogP contribution < -0.4 is 0 Å². The smallest absolute Gasteiger partial charge is 0.416 e. The predicted molar refractivity (Wildman–Crippen MR) is 79.3 cm³/mol. The van der Waals surface area contributed by atoms with E-state index in [0.717, 1.165) is 12.1 Å². The lowest BCUT2D eigenvalue weighted by Gasteiger charge is -2.24. The van der Waals surface area contributed by atoms with Crippen LogP contribution in [0.1, 0.15) is 39.7 Å². The number of nitrogens with zero attached hydrogens (tertiary/aromatic N) is 1. The van der Waals surface area contributed by atoms with Crippen molar-refractivity contribution < 1.29 is 27.5 Å². The third-order valence-electron chi connectivity index (χ3n) is 4.19. The van der Waals surface area contributed by atoms with Gasteiger partial charge in [0.1, 0.15) is 0 Å². The summed E-state index contributed by atoms with van der Waals surface area (Å²) in [5.41, 5.74) is 0.214. The van der Waals surface area contributed by atoms with E-state index < -0.39 is 29.8 Å². The zero-order chi connectivity index (χ0) is 17.5. The van der Waals surface area contributed by atoms with Gasteiger partial charge in [-0.1, -0.05) is 12.1 Å². The number of aliphatic hydroxyl groups excluding tert-OH is 1. The number of halogens is 3. The van der Waals surface area contributed by atoms with Crippen LogP contribution in [0.15, 0.2) is 41.0 Å². The average molecular weight is 339 g/mol. The highest BCUT2D eigenvalue weighted by Gasteiger charge is 2.38. The first-order valence-corrected chi connectivity index (χ1v) is 7.47. The van der Waals surface area contributed by atoms with Crippen LogP contribution in [0.25, 0.3) is 0 Å². The van der Waals surface area contributed by atoms with E-state index in [1.54, 1.807) is 13.0 Å². The topological polar surface area (TPSA) is 53.7 Å². The zero-order valence-electron chi connectivity index (χ0n) is 12.9. The van der Waals surface area contributed by atoms with Crippen LogP contribution in [0.5, 0.6) is 0 Å². The number of β-amino-alcohol motifs (C(OH)–C–C–N with tert-alkyl or cyclic N) is 1. The number of furan rings is 1. The molecule has 0 saturated carbocycles. The van der Waals surface area contributed by atoms with Gasteiger partial charge in [-0.05, 0) is 37.1 Å². The van der Waals surface area contributed by atoms with Gasteiger partial charge in [-0.15, -0.1) is 0 Å². The highest BCUT2D eigenvalue weighted by Crippen LogP contribution is 2.37. The lowest BCUT2D eigenvalue weighted by molar-refractivity contribution is -0.137. The van der Waals surface area contributed by atoms with Crippen molar-refractivity contribution in [2.75, 3.05) is 6.54 Å². The van der Waals surface area contributed by atoms with Crippen LogP contribution in [0.4, 0.5) is 13.2 Å². The third kappa shape index (κ3) is 3.03. The largest absolute Gasteiger partial charge is 0.459 e. The van der Waals surface area contributed by atoms with Gasteiger partial charge in [-0.3, -0.25) is 4.79 Å². The average Bonchev–Trinajstić information content (AvgIpc) is 3.12. The molecule has 2 aromatic rings. The fourth-order valence-electron chi connectivity index (χ4n) is 3.00. The highest BCUT2D eigenvalue weighted by molar-refractivity contribution is 5.93. The number of amides is 1. The highest BCUT2D eigenvalue weighted by atomic mass is 19.4. The molecule has 0 aliphatic carbocycles. The van der Waals surface area contributed by atoms with Gasteiger partial charge in [0.05, 0.1) is 24.0 Å². The molecule has 128 valence electrons. The number of benzene rings is 1. The molecule has 0 unspecified atom stereocenters. The van der Waals surface area contributed by atoms with E-state index in [4.69, 9.17) is 4.42 Å². The van der Waals surface area contributed by atoms with Crippen molar-refractivity contribution in [3.63, 3.8) is 0 Å². The molecule has 24 heavy (non-hydrogen) atoms. The Labute approximate surface area is 136 Å². The minimum Gasteiger partial charge on any atom is -0.459 e. The fourth-order valence-corrected chi connectivity index (χ4v) is 3.00. The molecular weight excluding hydrogens is 323 g/mol. The Kier molecular flexibility index (Phi) is 4.13. The Morgan fingerprint density at radius 2 is 2.08 bits per heavy atom. The standard InChI is InChI=1S/C17H16F3NO3/c1-10-5-6-24-15(10)16(23)21-9-13(22)8-14(21)11-3-2-4-12(7-11)17(18,19)20/h2-7,13-14,22H,8-9H2,1H3/t13-,14-/m0/s1. The number of rotatable bonds is 2. The van der Waals surface area contributed by atoms with Gasteiger partial charge < -0.3 is 14.4 Å². The molecule has 1 aliphatic heterocycles. The second kappa shape index (κ2) is 5.98. The van der Waals surface area contributed by atoms with Gasteiger partial charge in [0.2, 0.25) is 0 Å². The van der Waals surface area contributed by atoms with Gasteiger partial charge >= 0.3 is 6.18 Å². The van der Waals surface area contributed by atoms with Crippen molar-refractivity contribution in [3.8, 4) is 0 Å². The molecule has 1 saturated heterocycles. The first kappa shape index (κ1) is 16.6. The summed E-state index contributed by atoms with van der Waals surface area (Å²) in [5.74, 6) is -0.294. The van der Waals surface area contributed by atoms with Crippen molar-refractivity contribution in [1.29, 1.82) is 0 Å². The van der Waals surface area contributed by atoms with E-state index in [1.165, 1.54) is 23.3 Å². The molecule has 1 fully saturated rings. The Morgan fingerprint density at radius 3 is 2.71 bits per heavy atom. The van der Waals surface area contributed by atoms with Crippen molar-refractivity contribution in [1.82, 2.24) is 4.90 Å². The summed E-state index contributed by atoms with van der Waals surface area (Å²) in [6, 6.07) is 5.87. The van der Waals surface area contributed by atoms with Crippen molar-refractivity contribution in [3.05, 3.63) is 59.0 Å². The molecule has 1 aromatic carbocycles. The Morgan fingerprint density at radius 1 is 1.33 bits per heavy atom. The molecule has 1 aromatic heterocycles. The van der Waals surface area contributed by atoms with Crippen LogP contribution >= 0.6 is 0 Å². The lowest BCUT2D eigenvalue weighted by Crippen LogP contribution is -2.32. The van der Waals surface area contributed by atoms with Crippen molar-refractivity contribution in [2.24, 2.45) is 0 Å². The van der Waals surface area contributed by atoms with Gasteiger partial charge in [-0.25, -0.2) is 0 Å². The fraction of sp³-hybridized carbons (Fsp3) is 0.353. The van der Waals surface area contributed by atoms with E-state index >= 15 is 0 Å². The normalized spacial score (nSPS) is 21.3. The summed E-state index contributed by atoms with van der Waals surface area (Å²) in [7, 11) is 0. The van der Waals surface area contributed by atoms with Gasteiger partial charge in [0, 0.05) is 12.1 Å². The van der Waals surface area contributed by atoms with Crippen molar-refractivity contribution in [2.45, 2.75) is 31.7 Å². The number of alkyl halides is 3. The van der Waals surface area contributed by atoms with E-state index in [-0.39, 0.29) is 18.7 Å². The molecule has 1 N–H and O–H groups in total. The van der Waals surface area contributed by atoms with E-state index in [0.29, 0.717) is 11.1 Å². The number of carbonyl (C=O) groups is 1. The second-order valence-electron chi connectivity index (χ2n) is 5.92. The maximum atomic E-state index is 12.9. The molecule has 2 heterocycles. The number of hydrogen-bond donors (Lipinski definition) is 1. The Balaban J connectivity index is 1.94. The molecule has 2 atom stereocenters. The summed E-state index contributed by atoms with van der Waals surface area (Å²) >= 11 is 0. The molecular formula is C17H16F3NO3. The molecule has 4 nitrogen and oxygen atoms in total. The summed E-state index contributed by atoms with van der Waals surface area (Å²) < 4.78 is 43.9. The maximum absolute atomic E-state index is 12.9. The summed E-state index contributed by atoms with van der Waals surface area (Å²) in [4.78, 5) is 14.0. The van der Waals surface area contributed by atoms with Crippen LogP contribution in [-0.4, -0.2) is 28.6 Å². The van der Waals surface area contributed by atoms with Gasteiger partial charge in [0.25, 0.3) is 5.91 Å². The first-order chi connectivity index (χ1) is 11.3. The summed E-state index contributed by atoms with van der Waals surface area (Å²) in [6.07, 6.45) is -3.68. The molecule has 0 bridgehead atoms. The molecule has 1 amide bonds. The Bertz CT molecular complexity index is 754. The van der Waals surface area contributed by atoms with Gasteiger partial charge in [-0.2, -0.15) is 13.2 Å². The molecule has 0 spiro atoms. The predicted octanol–water partition coefficient (Wildman–Crippen LogP) is 3.55. The zero-order valence-corrected chi connectivity index (χ0v) is 12.9. The van der Waals surface area contributed by atoms with Crippen molar-refractivity contribution >= 4 is 5.91 Å². The lowest BCUT2D eigenvalue weighted by atomic mass is 10.0. The summed E-state index contributed by atoms with van der Waals surface area (Å²) in [5, 5.41) is 9.93. The molecule has 1 aliphatic rings. The number of hydrogen-bond acceptors (Lipinski definition) is 3. The van der Waals surface area contributed by atoms with E-state index in [1.807, 2.05) is 0 Å². The molecule has 0 radical (unpaired) electrons. The van der Waals surface area contributed by atoms with E-state index in [2.05, 4.69) is 0 Å². The first-order valence-electron chi connectivity index (χ1n) is 7.47. The minimum absolute atomic E-state index is 0.0554. The van der Waals surface area contributed by atoms with Crippen LogP contribution in [0.3, 0.4) is 0 Å². The summed E-state index contributed by atoms with van der Waals surface area (Å²) in [6.45, 7) is 1.77. The second-order valence-corrected chi connectivity index (χ2v) is 5.92. The number of aryl methyl sites for hydroxylation is 1. The third-order valence-corrected chi connectivity index (χ3v) is 4.19. The monoisotopic (exact) mass is 339 g/mol. The van der Waals surface area contributed by atoms with Crippen LogP contribution in [0.2, 0.25) is 0 Å². The van der Waals surface area contributed by atoms with Crippen LogP contribution in [0, 0.1) is 6.92 Å². The van der Waals surface area contributed by atoms with Gasteiger partial charge in [0.15, 0.2) is 5.76 Å². The molecule has 7 heteroatoms. The number of likely N-dealkylation sites (tertiary alicyclic amines) is 1.